The van der Waals surface area contributed by atoms with Crippen molar-refractivity contribution in [1.82, 2.24) is 0 Å². The van der Waals surface area contributed by atoms with E-state index in [0.29, 0.717) is 29.6 Å². The van der Waals surface area contributed by atoms with E-state index in [1.54, 1.807) is 0 Å². The van der Waals surface area contributed by atoms with Gasteiger partial charge in [0.1, 0.15) is 0 Å². The monoisotopic (exact) mass is 555 g/mol. The molecule has 1 aliphatic heterocycles. The summed E-state index contributed by atoms with van der Waals surface area (Å²) in [5.41, 5.74) is 0. The van der Waals surface area contributed by atoms with E-state index in [9.17, 15) is 4.57 Å². The first-order chi connectivity index (χ1) is 16.8. The summed E-state index contributed by atoms with van der Waals surface area (Å²) >= 11 is 1.95. The molecule has 10 unspecified atom stereocenters. The number of ether oxygens (including phenoxy) is 1. The standard InChI is InChI=1S/C25H47N2O6P.V/c1-16(2)18(5)20(7)22(9)25(21(8)19(6)17(3)4)33-34(28,31-13-10-12-26)32-23-11-14-29-24(23)15-30-27;/h16-25H,10-11,13-15H2,1-9H3;/i14T;. The molecule has 1 fully saturated rings. The zero-order chi connectivity index (χ0) is 27.6. The fraction of sp³-hybridized carbons (Fsp3) is 0.960. The average molecular weight is 556 g/mol. The Bertz CT molecular complexity index is 755. The molecule has 10 atom stereocenters. The third kappa shape index (κ3) is 10.3. The number of hydrogen-bond donors (Lipinski definition) is 0. The van der Waals surface area contributed by atoms with Crippen molar-refractivity contribution in [2.75, 3.05) is 19.8 Å². The Hall–Kier alpha value is -0.0956. The second kappa shape index (κ2) is 16.0. The summed E-state index contributed by atoms with van der Waals surface area (Å²) in [4.78, 5) is 5.10. The number of hydrogen-bond acceptors (Lipinski definition) is 8. The molecule has 1 saturated heterocycles. The molecule has 0 radical (unpaired) electrons. The van der Waals surface area contributed by atoms with E-state index in [1.165, 1.54) is 0 Å². The van der Waals surface area contributed by atoms with Crippen LogP contribution in [0.2, 0.25) is 0 Å². The van der Waals surface area contributed by atoms with Gasteiger partial charge >= 0.3 is 184 Å². The zero-order valence-electron chi connectivity index (χ0n) is 23.9. The van der Waals surface area contributed by atoms with Gasteiger partial charge in [-0.15, -0.1) is 0 Å². The molecule has 1 heterocycles. The minimum atomic E-state index is -4.13. The van der Waals surface area contributed by atoms with Gasteiger partial charge in [-0.05, 0) is 5.92 Å². The van der Waals surface area contributed by atoms with E-state index >= 15 is 0 Å². The number of nitrogens with zero attached hydrogens (tertiary/aromatic N) is 2. The molecule has 0 amide bonds. The topological polar surface area (TPSA) is 99.4 Å². The van der Waals surface area contributed by atoms with E-state index in [2.05, 4.69) is 66.3 Å². The van der Waals surface area contributed by atoms with Crippen LogP contribution < -0.4 is 0 Å². The molecule has 0 aromatic heterocycles. The average Bonchev–Trinajstić information content (AvgIpc) is 3.16. The Balaban J connectivity index is 3.32. The van der Waals surface area contributed by atoms with Crippen molar-refractivity contribution in [3.63, 3.8) is 0 Å². The van der Waals surface area contributed by atoms with E-state index in [0.717, 1.165) is 0 Å². The SMILES string of the molecule is [3H]C1CC(OP(=O)(OCCC#N)OC(C(C)C(C)C(C)C)C(C)C(C)C(C)C(C)C)C(CO[N]=[V])O1. The fourth-order valence-corrected chi connectivity index (χ4v) is 6.27. The summed E-state index contributed by atoms with van der Waals surface area (Å²) in [5.74, 6) is 2.04. The minimum absolute atomic E-state index is 0.0521. The van der Waals surface area contributed by atoms with Gasteiger partial charge in [0.2, 0.25) is 0 Å². The Morgan fingerprint density at radius 1 is 1.06 bits per heavy atom. The molecule has 0 aliphatic carbocycles. The normalized spacial score (nSPS) is 27.9. The van der Waals surface area contributed by atoms with Crippen LogP contribution in [-0.2, 0) is 44.9 Å². The predicted octanol–water partition coefficient (Wildman–Crippen LogP) is 6.74. The van der Waals surface area contributed by atoms with Crippen LogP contribution in [0.5, 0.6) is 0 Å². The van der Waals surface area contributed by atoms with Gasteiger partial charge < -0.3 is 0 Å². The molecule has 0 N–H and O–H groups in total. The van der Waals surface area contributed by atoms with Crippen LogP contribution in [0.3, 0.4) is 0 Å². The number of phosphoric acid groups is 1. The van der Waals surface area contributed by atoms with Gasteiger partial charge in [-0.3, -0.25) is 0 Å². The van der Waals surface area contributed by atoms with E-state index in [1.807, 2.05) is 23.3 Å². The molecule has 0 spiro atoms. The molecule has 1 rings (SSSR count). The van der Waals surface area contributed by atoms with Crippen molar-refractivity contribution in [2.45, 2.75) is 93.5 Å². The maximum absolute atomic E-state index is 14.1. The Morgan fingerprint density at radius 3 is 2.17 bits per heavy atom. The number of nitriles is 1. The van der Waals surface area contributed by atoms with E-state index in [4.69, 9.17) is 29.8 Å². The Kier molecular flexibility index (Phi) is 14.2. The third-order valence-electron chi connectivity index (χ3n) is 7.92. The molecule has 8 nitrogen and oxygen atoms in total. The van der Waals surface area contributed by atoms with E-state index < -0.39 is 32.7 Å². The predicted molar refractivity (Wildman–Crippen MR) is 132 cm³/mol. The van der Waals surface area contributed by atoms with Gasteiger partial charge in [-0.1, -0.05) is 34.6 Å². The Labute approximate surface area is 223 Å². The van der Waals surface area contributed by atoms with Crippen LogP contribution in [0.4, 0.5) is 0 Å². The van der Waals surface area contributed by atoms with Gasteiger partial charge in [0.05, 0.1) is 0 Å². The molecule has 10 heteroatoms. The van der Waals surface area contributed by atoms with Gasteiger partial charge in [0.15, 0.2) is 0 Å². The first-order valence-electron chi connectivity index (χ1n) is 13.4. The van der Waals surface area contributed by atoms with Crippen LogP contribution in [0.25, 0.3) is 0 Å². The second-order valence-electron chi connectivity index (χ2n) is 10.6. The van der Waals surface area contributed by atoms with Crippen molar-refractivity contribution in [2.24, 2.45) is 45.4 Å². The third-order valence-corrected chi connectivity index (χ3v) is 9.63. The summed E-state index contributed by atoms with van der Waals surface area (Å²) in [5, 5.41) is 9.02. The van der Waals surface area contributed by atoms with Crippen LogP contribution in [-0.4, -0.2) is 38.1 Å². The summed E-state index contributed by atoms with van der Waals surface area (Å²) in [6.45, 7) is 18.8. The van der Waals surface area contributed by atoms with Crippen LogP contribution in [0, 0.1) is 52.8 Å². The molecular formula is C25H47N2O6PV. The maximum atomic E-state index is 14.1. The molecule has 0 aromatic carbocycles. The van der Waals surface area contributed by atoms with Crippen molar-refractivity contribution in [3.05, 3.63) is 0 Å². The van der Waals surface area contributed by atoms with Crippen LogP contribution >= 0.6 is 7.82 Å². The quantitative estimate of drug-likeness (QED) is 0.111. The number of phosphoric ester groups is 1. The Morgan fingerprint density at radius 2 is 1.63 bits per heavy atom. The van der Waals surface area contributed by atoms with Crippen molar-refractivity contribution in [1.29, 1.82) is 5.26 Å². The second-order valence-corrected chi connectivity index (χ2v) is 12.5. The first-order valence-corrected chi connectivity index (χ1v) is 14.9. The molecular weight excluding hydrogens is 506 g/mol. The molecule has 0 saturated carbocycles. The van der Waals surface area contributed by atoms with Crippen LogP contribution in [0.15, 0.2) is 3.95 Å². The van der Waals surface area contributed by atoms with Gasteiger partial charge in [0.25, 0.3) is 0 Å². The van der Waals surface area contributed by atoms with Gasteiger partial charge in [-0.25, -0.2) is 0 Å². The molecule has 0 aromatic rings. The van der Waals surface area contributed by atoms with Gasteiger partial charge in [-0.2, -0.15) is 0 Å². The van der Waals surface area contributed by atoms with E-state index in [-0.39, 0.29) is 37.9 Å². The van der Waals surface area contributed by atoms with Gasteiger partial charge in [0, 0.05) is 0 Å². The molecule has 203 valence electrons. The number of rotatable bonds is 17. The summed E-state index contributed by atoms with van der Waals surface area (Å²) < 4.78 is 49.4. The van der Waals surface area contributed by atoms with Crippen molar-refractivity contribution >= 4 is 7.82 Å². The summed E-state index contributed by atoms with van der Waals surface area (Å²) in [6, 6.07) is 2.01. The summed E-state index contributed by atoms with van der Waals surface area (Å²) in [7, 11) is -4.13. The van der Waals surface area contributed by atoms with Crippen LogP contribution in [0.1, 0.15) is 76.5 Å². The van der Waals surface area contributed by atoms with Crippen molar-refractivity contribution < 1.29 is 46.3 Å². The fourth-order valence-electron chi connectivity index (χ4n) is 4.44. The molecule has 0 bridgehead atoms. The summed E-state index contributed by atoms with van der Waals surface area (Å²) in [6.07, 6.45) is -1.52. The zero-order valence-corrected chi connectivity index (χ0v) is 25.2. The molecule has 1 aliphatic rings. The van der Waals surface area contributed by atoms with Crippen molar-refractivity contribution in [3.8, 4) is 6.07 Å². The first kappa shape index (κ1) is 31.1. The molecule has 35 heavy (non-hydrogen) atoms.